The van der Waals surface area contributed by atoms with Crippen LogP contribution in [0.1, 0.15) is 36.1 Å². The number of thiazole rings is 1. The SMILES string of the molecule is CCN(C(=O)c1scnc1C)C(C)C. The number of aryl methyl sites for hydroxylation is 1. The highest BCUT2D eigenvalue weighted by Crippen LogP contribution is 2.16. The zero-order chi connectivity index (χ0) is 10.7. The minimum absolute atomic E-state index is 0.0995. The summed E-state index contributed by atoms with van der Waals surface area (Å²) in [6, 6.07) is 0.244. The minimum Gasteiger partial charge on any atom is -0.336 e. The lowest BCUT2D eigenvalue weighted by atomic mass is 10.2. The molecule has 0 unspecified atom stereocenters. The van der Waals surface area contributed by atoms with E-state index >= 15 is 0 Å². The van der Waals surface area contributed by atoms with Gasteiger partial charge in [-0.25, -0.2) is 4.98 Å². The Morgan fingerprint density at radius 2 is 2.29 bits per heavy atom. The van der Waals surface area contributed by atoms with Crippen LogP contribution < -0.4 is 0 Å². The van der Waals surface area contributed by atoms with E-state index < -0.39 is 0 Å². The van der Waals surface area contributed by atoms with Gasteiger partial charge >= 0.3 is 0 Å². The molecular weight excluding hydrogens is 196 g/mol. The Hall–Kier alpha value is -0.900. The van der Waals surface area contributed by atoms with Crippen molar-refractivity contribution in [3.8, 4) is 0 Å². The van der Waals surface area contributed by atoms with Crippen LogP contribution in [0.15, 0.2) is 5.51 Å². The van der Waals surface area contributed by atoms with Gasteiger partial charge in [-0.15, -0.1) is 11.3 Å². The summed E-state index contributed by atoms with van der Waals surface area (Å²) in [5, 5.41) is 0. The normalized spacial score (nSPS) is 10.6. The molecule has 1 rings (SSSR count). The summed E-state index contributed by atoms with van der Waals surface area (Å²) in [5.41, 5.74) is 2.55. The highest BCUT2D eigenvalue weighted by molar-refractivity contribution is 7.11. The fraction of sp³-hybridized carbons (Fsp3) is 0.600. The third-order valence-electron chi connectivity index (χ3n) is 2.16. The van der Waals surface area contributed by atoms with E-state index in [0.717, 1.165) is 17.1 Å². The standard InChI is InChI=1S/C10H16N2OS/c1-5-12(7(2)3)10(13)9-8(4)11-6-14-9/h6-7H,5H2,1-4H3. The molecule has 1 aromatic heterocycles. The van der Waals surface area contributed by atoms with Crippen molar-refractivity contribution in [2.45, 2.75) is 33.7 Å². The van der Waals surface area contributed by atoms with Gasteiger partial charge in [0.25, 0.3) is 5.91 Å². The zero-order valence-corrected chi connectivity index (χ0v) is 9.89. The van der Waals surface area contributed by atoms with Crippen molar-refractivity contribution in [3.05, 3.63) is 16.1 Å². The summed E-state index contributed by atoms with van der Waals surface area (Å²) >= 11 is 1.42. The first-order chi connectivity index (χ1) is 6.57. The highest BCUT2D eigenvalue weighted by atomic mass is 32.1. The largest absolute Gasteiger partial charge is 0.336 e. The van der Waals surface area contributed by atoms with Crippen LogP contribution in [0.5, 0.6) is 0 Å². The van der Waals surface area contributed by atoms with Crippen molar-refractivity contribution in [3.63, 3.8) is 0 Å². The zero-order valence-electron chi connectivity index (χ0n) is 9.07. The lowest BCUT2D eigenvalue weighted by Gasteiger charge is -2.24. The third-order valence-corrected chi connectivity index (χ3v) is 3.08. The van der Waals surface area contributed by atoms with Crippen LogP contribution in [0.3, 0.4) is 0 Å². The number of carbonyl (C=O) groups is 1. The predicted molar refractivity (Wildman–Crippen MR) is 58.7 cm³/mol. The van der Waals surface area contributed by atoms with E-state index in [9.17, 15) is 4.79 Å². The van der Waals surface area contributed by atoms with Gasteiger partial charge in [-0.05, 0) is 27.7 Å². The van der Waals surface area contributed by atoms with Gasteiger partial charge in [0, 0.05) is 12.6 Å². The summed E-state index contributed by atoms with van der Waals surface area (Å²) in [6.45, 7) is 8.66. The molecule has 0 radical (unpaired) electrons. The number of rotatable bonds is 3. The Bertz CT molecular complexity index is 320. The van der Waals surface area contributed by atoms with Crippen molar-refractivity contribution in [2.24, 2.45) is 0 Å². The molecular formula is C10H16N2OS. The molecule has 0 bridgehead atoms. The summed E-state index contributed by atoms with van der Waals surface area (Å²) in [4.78, 5) is 18.7. The fourth-order valence-corrected chi connectivity index (χ4v) is 2.14. The van der Waals surface area contributed by atoms with Crippen LogP contribution in [0.2, 0.25) is 0 Å². The number of hydrogen-bond acceptors (Lipinski definition) is 3. The average Bonchev–Trinajstić information content (AvgIpc) is 2.51. The highest BCUT2D eigenvalue weighted by Gasteiger charge is 2.20. The van der Waals surface area contributed by atoms with Crippen LogP contribution in [-0.2, 0) is 0 Å². The molecule has 1 aromatic rings. The van der Waals surface area contributed by atoms with Crippen molar-refractivity contribution in [1.82, 2.24) is 9.88 Å². The lowest BCUT2D eigenvalue weighted by molar-refractivity contribution is 0.0721. The first-order valence-electron chi connectivity index (χ1n) is 4.79. The second-order valence-electron chi connectivity index (χ2n) is 3.45. The van der Waals surface area contributed by atoms with Crippen LogP contribution in [0, 0.1) is 6.92 Å². The van der Waals surface area contributed by atoms with Gasteiger partial charge in [0.15, 0.2) is 0 Å². The van der Waals surface area contributed by atoms with Gasteiger partial charge in [-0.2, -0.15) is 0 Å². The van der Waals surface area contributed by atoms with Gasteiger partial charge in [-0.1, -0.05) is 0 Å². The molecule has 1 heterocycles. The number of nitrogens with zero attached hydrogens (tertiary/aromatic N) is 2. The summed E-state index contributed by atoms with van der Waals surface area (Å²) in [5.74, 6) is 0.0995. The second kappa shape index (κ2) is 4.55. The smallest absolute Gasteiger partial charge is 0.266 e. The number of hydrogen-bond donors (Lipinski definition) is 0. The van der Waals surface area contributed by atoms with Crippen LogP contribution >= 0.6 is 11.3 Å². The molecule has 0 aliphatic heterocycles. The molecule has 0 spiro atoms. The molecule has 0 saturated carbocycles. The molecule has 0 aliphatic rings. The van der Waals surface area contributed by atoms with Crippen LogP contribution in [-0.4, -0.2) is 28.4 Å². The van der Waals surface area contributed by atoms with Gasteiger partial charge in [0.1, 0.15) is 4.88 Å². The van der Waals surface area contributed by atoms with E-state index in [0.29, 0.717) is 0 Å². The molecule has 1 amide bonds. The van der Waals surface area contributed by atoms with Crippen molar-refractivity contribution >= 4 is 17.2 Å². The maximum Gasteiger partial charge on any atom is 0.266 e. The topological polar surface area (TPSA) is 33.2 Å². The number of aromatic nitrogens is 1. The van der Waals surface area contributed by atoms with Crippen molar-refractivity contribution in [2.75, 3.05) is 6.54 Å². The average molecular weight is 212 g/mol. The van der Waals surface area contributed by atoms with E-state index in [1.165, 1.54) is 11.3 Å². The lowest BCUT2D eigenvalue weighted by Crippen LogP contribution is -2.36. The first kappa shape index (κ1) is 11.2. The maximum absolute atomic E-state index is 12.0. The number of carbonyl (C=O) groups excluding carboxylic acids is 1. The summed E-state index contributed by atoms with van der Waals surface area (Å²) in [6.07, 6.45) is 0. The van der Waals surface area contributed by atoms with E-state index in [1.807, 2.05) is 32.6 Å². The Morgan fingerprint density at radius 3 is 2.64 bits per heavy atom. The van der Waals surface area contributed by atoms with Crippen LogP contribution in [0.25, 0.3) is 0 Å². The second-order valence-corrected chi connectivity index (χ2v) is 4.31. The molecule has 0 fully saturated rings. The molecule has 3 nitrogen and oxygen atoms in total. The minimum atomic E-state index is 0.0995. The molecule has 78 valence electrons. The Labute approximate surface area is 88.8 Å². The monoisotopic (exact) mass is 212 g/mol. The quantitative estimate of drug-likeness (QED) is 0.770. The van der Waals surface area contributed by atoms with E-state index in [-0.39, 0.29) is 11.9 Å². The Balaban J connectivity index is 2.89. The maximum atomic E-state index is 12.0. The molecule has 0 aromatic carbocycles. The van der Waals surface area contributed by atoms with E-state index in [4.69, 9.17) is 0 Å². The van der Waals surface area contributed by atoms with Crippen molar-refractivity contribution in [1.29, 1.82) is 0 Å². The van der Waals surface area contributed by atoms with E-state index in [2.05, 4.69) is 4.98 Å². The van der Waals surface area contributed by atoms with Crippen molar-refractivity contribution < 1.29 is 4.79 Å². The third kappa shape index (κ3) is 2.12. The summed E-state index contributed by atoms with van der Waals surface area (Å²) in [7, 11) is 0. The molecule has 4 heteroatoms. The van der Waals surface area contributed by atoms with E-state index in [1.54, 1.807) is 5.51 Å². The Kier molecular flexibility index (Phi) is 3.63. The van der Waals surface area contributed by atoms with Gasteiger partial charge in [0.05, 0.1) is 11.2 Å². The van der Waals surface area contributed by atoms with Gasteiger partial charge in [-0.3, -0.25) is 4.79 Å². The molecule has 0 aliphatic carbocycles. The van der Waals surface area contributed by atoms with Gasteiger partial charge in [0.2, 0.25) is 0 Å². The molecule has 0 N–H and O–H groups in total. The molecule has 0 saturated heterocycles. The van der Waals surface area contributed by atoms with Crippen LogP contribution in [0.4, 0.5) is 0 Å². The number of amides is 1. The first-order valence-corrected chi connectivity index (χ1v) is 5.67. The predicted octanol–water partition coefficient (Wildman–Crippen LogP) is 2.32. The summed E-state index contributed by atoms with van der Waals surface area (Å²) < 4.78 is 0. The molecule has 14 heavy (non-hydrogen) atoms. The molecule has 0 atom stereocenters. The Morgan fingerprint density at radius 1 is 1.64 bits per heavy atom. The van der Waals surface area contributed by atoms with Gasteiger partial charge < -0.3 is 4.90 Å². The fourth-order valence-electron chi connectivity index (χ4n) is 1.38.